The molecule has 0 aliphatic heterocycles. The molecule has 0 N–H and O–H groups in total. The number of hydrogen-bond donors (Lipinski definition) is 0. The molecule has 0 unspecified atom stereocenters. The van der Waals surface area contributed by atoms with E-state index >= 15 is 0 Å². The van der Waals surface area contributed by atoms with E-state index in [1.165, 1.54) is 18.3 Å². The molecule has 0 saturated carbocycles. The van der Waals surface area contributed by atoms with Gasteiger partial charge in [0.15, 0.2) is 0 Å². The van der Waals surface area contributed by atoms with Gasteiger partial charge in [-0.25, -0.2) is 0 Å². The molecule has 2 heteroatoms. The molecule has 0 aromatic heterocycles. The van der Waals surface area contributed by atoms with Crippen molar-refractivity contribution in [3.63, 3.8) is 0 Å². The first-order valence-electron chi connectivity index (χ1n) is 8.91. The molecule has 3 aromatic carbocycles. The molecule has 0 heterocycles. The standard InChI is InChI=1S/C23H26SiTe/c1-18(2)24(3,4)20-12-10-11-19(17-20)22-15-8-9-16-23(22)25-21-13-6-5-7-14-21/h5-18H,1-4H3. The zero-order chi connectivity index (χ0) is 17.9. The van der Waals surface area contributed by atoms with Crippen molar-refractivity contribution in [2.45, 2.75) is 32.5 Å². The Hall–Kier alpha value is -1.33. The first-order valence-corrected chi connectivity index (χ1v) is 14.3. The van der Waals surface area contributed by atoms with E-state index in [0.717, 1.165) is 5.54 Å². The molecule has 0 amide bonds. The van der Waals surface area contributed by atoms with Crippen molar-refractivity contribution in [1.82, 2.24) is 0 Å². The molecule has 0 aliphatic rings. The van der Waals surface area contributed by atoms with Gasteiger partial charge in [-0.05, 0) is 0 Å². The van der Waals surface area contributed by atoms with Crippen LogP contribution in [0, 0.1) is 0 Å². The van der Waals surface area contributed by atoms with Crippen molar-refractivity contribution in [3.05, 3.63) is 78.9 Å². The van der Waals surface area contributed by atoms with Crippen LogP contribution in [0.4, 0.5) is 0 Å². The SMILES string of the molecule is CC(C)[Si](C)(C)c1cccc(-c2ccccc2[Te]c2ccccc2)c1. The normalized spacial score (nSPS) is 11.7. The predicted octanol–water partition coefficient (Wildman–Crippen LogP) is 4.33. The molecule has 0 fully saturated rings. The van der Waals surface area contributed by atoms with E-state index in [0.29, 0.717) is 0 Å². The van der Waals surface area contributed by atoms with Crippen LogP contribution in [0.2, 0.25) is 18.6 Å². The Morgan fingerprint density at radius 2 is 1.44 bits per heavy atom. The maximum absolute atomic E-state index is 2.49. The molecule has 0 aliphatic carbocycles. The van der Waals surface area contributed by atoms with Gasteiger partial charge in [-0.3, -0.25) is 0 Å². The van der Waals surface area contributed by atoms with Crippen LogP contribution in [0.5, 0.6) is 0 Å². The van der Waals surface area contributed by atoms with Crippen LogP contribution >= 0.6 is 0 Å². The van der Waals surface area contributed by atoms with E-state index in [1.807, 2.05) is 0 Å². The van der Waals surface area contributed by atoms with Gasteiger partial charge < -0.3 is 0 Å². The van der Waals surface area contributed by atoms with E-state index in [2.05, 4.69) is 106 Å². The fraction of sp³-hybridized carbons (Fsp3) is 0.217. The molecule has 0 bridgehead atoms. The van der Waals surface area contributed by atoms with Gasteiger partial charge in [-0.2, -0.15) is 0 Å². The molecule has 25 heavy (non-hydrogen) atoms. The Balaban J connectivity index is 2.00. The fourth-order valence-corrected chi connectivity index (χ4v) is 7.37. The van der Waals surface area contributed by atoms with Gasteiger partial charge in [0.2, 0.25) is 0 Å². The number of rotatable bonds is 5. The summed E-state index contributed by atoms with van der Waals surface area (Å²) in [5.41, 5.74) is 3.55. The summed E-state index contributed by atoms with van der Waals surface area (Å²) < 4.78 is 3.02. The second-order valence-electron chi connectivity index (χ2n) is 7.37. The van der Waals surface area contributed by atoms with E-state index in [4.69, 9.17) is 0 Å². The topological polar surface area (TPSA) is 0 Å². The van der Waals surface area contributed by atoms with Crippen LogP contribution in [-0.2, 0) is 0 Å². The summed E-state index contributed by atoms with van der Waals surface area (Å²) in [4.78, 5) is 0. The monoisotopic (exact) mass is 460 g/mol. The second-order valence-corrected chi connectivity index (χ2v) is 15.7. The van der Waals surface area contributed by atoms with Gasteiger partial charge in [0.05, 0.1) is 0 Å². The minimum atomic E-state index is -1.40. The van der Waals surface area contributed by atoms with E-state index in [9.17, 15) is 0 Å². The van der Waals surface area contributed by atoms with Crippen LogP contribution in [0.1, 0.15) is 13.8 Å². The average molecular weight is 458 g/mol. The summed E-state index contributed by atoms with van der Waals surface area (Å²) in [6, 6.07) is 29.3. The molecule has 0 saturated heterocycles. The third kappa shape index (κ3) is 4.26. The Bertz CT molecular complexity index is 837. The van der Waals surface area contributed by atoms with Crippen molar-refractivity contribution in [3.8, 4) is 11.1 Å². The molecule has 128 valence electrons. The van der Waals surface area contributed by atoms with Crippen molar-refractivity contribution in [2.24, 2.45) is 0 Å². The molecule has 0 nitrogen and oxygen atoms in total. The van der Waals surface area contributed by atoms with Crippen LogP contribution < -0.4 is 12.4 Å². The molecular formula is C23H26SiTe. The number of hydrogen-bond acceptors (Lipinski definition) is 0. The van der Waals surface area contributed by atoms with E-state index in [-0.39, 0.29) is 20.9 Å². The Morgan fingerprint density at radius 1 is 0.760 bits per heavy atom. The minimum absolute atomic E-state index is 0.366. The third-order valence-electron chi connectivity index (χ3n) is 5.22. The van der Waals surface area contributed by atoms with Gasteiger partial charge in [0, 0.05) is 0 Å². The Morgan fingerprint density at radius 3 is 2.16 bits per heavy atom. The molecule has 3 rings (SSSR count). The van der Waals surface area contributed by atoms with Gasteiger partial charge in [-0.15, -0.1) is 0 Å². The summed E-state index contributed by atoms with van der Waals surface area (Å²) in [6.45, 7) is 9.71. The Kier molecular flexibility index (Phi) is 5.84. The van der Waals surface area contributed by atoms with Gasteiger partial charge in [0.25, 0.3) is 0 Å². The molecule has 3 aromatic rings. The quantitative estimate of drug-likeness (QED) is 0.500. The van der Waals surface area contributed by atoms with Gasteiger partial charge >= 0.3 is 164 Å². The van der Waals surface area contributed by atoms with E-state index in [1.54, 1.807) is 5.19 Å². The predicted molar refractivity (Wildman–Crippen MR) is 116 cm³/mol. The maximum atomic E-state index is 2.49. The van der Waals surface area contributed by atoms with Crippen LogP contribution in [0.25, 0.3) is 11.1 Å². The van der Waals surface area contributed by atoms with Crippen molar-refractivity contribution in [2.75, 3.05) is 0 Å². The summed E-state index contributed by atoms with van der Waals surface area (Å²) in [5, 5.41) is 1.56. The fourth-order valence-electron chi connectivity index (χ4n) is 2.83. The van der Waals surface area contributed by atoms with Crippen LogP contribution in [0.15, 0.2) is 78.9 Å². The van der Waals surface area contributed by atoms with Crippen molar-refractivity contribution in [1.29, 1.82) is 0 Å². The molecule has 0 radical (unpaired) electrons. The zero-order valence-electron chi connectivity index (χ0n) is 15.5. The van der Waals surface area contributed by atoms with E-state index < -0.39 is 8.07 Å². The van der Waals surface area contributed by atoms with Crippen molar-refractivity contribution < 1.29 is 0 Å². The van der Waals surface area contributed by atoms with Crippen LogP contribution in [-0.4, -0.2) is 29.0 Å². The summed E-state index contributed by atoms with van der Waals surface area (Å²) >= 11 is -0.366. The third-order valence-corrected chi connectivity index (χ3v) is 13.0. The summed E-state index contributed by atoms with van der Waals surface area (Å²) in [7, 11) is -1.40. The van der Waals surface area contributed by atoms with Gasteiger partial charge in [-0.1, -0.05) is 0 Å². The van der Waals surface area contributed by atoms with Crippen LogP contribution in [0.3, 0.4) is 0 Å². The summed E-state index contributed by atoms with van der Waals surface area (Å²) in [5.74, 6) is 0. The van der Waals surface area contributed by atoms with Crippen molar-refractivity contribution >= 4 is 41.4 Å². The second kappa shape index (κ2) is 7.91. The average Bonchev–Trinajstić information content (AvgIpc) is 2.63. The first kappa shape index (κ1) is 18.5. The Labute approximate surface area is 163 Å². The van der Waals surface area contributed by atoms with Gasteiger partial charge in [0.1, 0.15) is 0 Å². The molecule has 0 atom stereocenters. The molecular weight excluding hydrogens is 432 g/mol. The zero-order valence-corrected chi connectivity index (χ0v) is 18.8. The summed E-state index contributed by atoms with van der Waals surface area (Å²) in [6.07, 6.45) is 0. The first-order chi connectivity index (χ1) is 12.0. The molecule has 0 spiro atoms. The number of benzene rings is 3.